The zero-order valence-electron chi connectivity index (χ0n) is 12.8. The zero-order valence-corrected chi connectivity index (χ0v) is 12.8. The molecule has 0 bridgehead atoms. The third-order valence-electron chi connectivity index (χ3n) is 3.83. The van der Waals surface area contributed by atoms with E-state index < -0.39 is 5.63 Å². The molecule has 0 aliphatic rings. The van der Waals surface area contributed by atoms with Gasteiger partial charge in [-0.25, -0.2) is 4.79 Å². The van der Waals surface area contributed by atoms with Crippen LogP contribution in [0.3, 0.4) is 0 Å². The summed E-state index contributed by atoms with van der Waals surface area (Å²) in [7, 11) is 1.57. The Labute approximate surface area is 136 Å². The van der Waals surface area contributed by atoms with Crippen LogP contribution in [-0.4, -0.2) is 21.9 Å². The van der Waals surface area contributed by atoms with E-state index in [0.717, 1.165) is 11.1 Å². The molecule has 0 aliphatic carbocycles. The highest BCUT2D eigenvalue weighted by Crippen LogP contribution is 2.31. The predicted octanol–water partition coefficient (Wildman–Crippen LogP) is 3.05. The third kappa shape index (κ3) is 2.34. The Kier molecular flexibility index (Phi) is 3.35. The molecule has 0 amide bonds. The van der Waals surface area contributed by atoms with Crippen molar-refractivity contribution in [1.29, 1.82) is 0 Å². The second-order valence-electron chi connectivity index (χ2n) is 5.24. The van der Waals surface area contributed by atoms with Gasteiger partial charge in [-0.3, -0.25) is 4.57 Å². The summed E-state index contributed by atoms with van der Waals surface area (Å²) in [6.45, 7) is 0. The maximum atomic E-state index is 12.4. The average molecular weight is 319 g/mol. The molecule has 0 N–H and O–H groups in total. The van der Waals surface area contributed by atoms with Gasteiger partial charge in [0.05, 0.1) is 18.4 Å². The molecule has 4 aromatic rings. The number of benzene rings is 2. The molecule has 0 radical (unpaired) electrons. The van der Waals surface area contributed by atoms with Gasteiger partial charge in [-0.2, -0.15) is 0 Å². The lowest BCUT2D eigenvalue weighted by molar-refractivity contribution is 0.416. The monoisotopic (exact) mass is 319 g/mol. The van der Waals surface area contributed by atoms with E-state index in [1.54, 1.807) is 30.4 Å². The van der Waals surface area contributed by atoms with Gasteiger partial charge in [-0.05, 0) is 24.3 Å². The molecule has 0 unspecified atom stereocenters. The number of methoxy groups -OCH3 is 1. The predicted molar refractivity (Wildman–Crippen MR) is 89.4 cm³/mol. The van der Waals surface area contributed by atoms with Crippen molar-refractivity contribution in [3.63, 3.8) is 0 Å². The highest BCUT2D eigenvalue weighted by Gasteiger charge is 2.13. The van der Waals surface area contributed by atoms with Gasteiger partial charge in [0.2, 0.25) is 0 Å². The van der Waals surface area contributed by atoms with Crippen LogP contribution in [0.4, 0.5) is 0 Å². The van der Waals surface area contributed by atoms with Crippen LogP contribution in [0.25, 0.3) is 27.8 Å². The fraction of sp³-hybridized carbons (Fsp3) is 0.0556. The van der Waals surface area contributed by atoms with Crippen LogP contribution in [0, 0.1) is 0 Å². The van der Waals surface area contributed by atoms with Gasteiger partial charge in [0.1, 0.15) is 24.0 Å². The summed E-state index contributed by atoms with van der Waals surface area (Å²) in [6.07, 6.45) is 3.19. The van der Waals surface area contributed by atoms with Gasteiger partial charge < -0.3 is 9.15 Å². The largest absolute Gasteiger partial charge is 0.496 e. The van der Waals surface area contributed by atoms with Crippen LogP contribution >= 0.6 is 0 Å². The van der Waals surface area contributed by atoms with E-state index in [1.165, 1.54) is 0 Å². The average Bonchev–Trinajstić information content (AvgIpc) is 3.15. The summed E-state index contributed by atoms with van der Waals surface area (Å²) in [5.41, 5.74) is 2.14. The Bertz CT molecular complexity index is 1070. The van der Waals surface area contributed by atoms with Gasteiger partial charge in [-0.1, -0.05) is 18.2 Å². The molecule has 0 saturated carbocycles. The summed E-state index contributed by atoms with van der Waals surface area (Å²) >= 11 is 0. The quantitative estimate of drug-likeness (QED) is 0.543. The molecule has 0 spiro atoms. The van der Waals surface area contributed by atoms with Crippen molar-refractivity contribution < 1.29 is 9.15 Å². The number of hydrogen-bond donors (Lipinski definition) is 0. The van der Waals surface area contributed by atoms with E-state index >= 15 is 0 Å². The summed E-state index contributed by atoms with van der Waals surface area (Å²) in [4.78, 5) is 12.4. The molecule has 6 heteroatoms. The van der Waals surface area contributed by atoms with Crippen molar-refractivity contribution in [3.8, 4) is 22.6 Å². The maximum Gasteiger partial charge on any atom is 0.344 e. The summed E-state index contributed by atoms with van der Waals surface area (Å²) in [5.74, 6) is 0.573. The van der Waals surface area contributed by atoms with Crippen LogP contribution in [-0.2, 0) is 0 Å². The Morgan fingerprint density at radius 1 is 1.00 bits per heavy atom. The van der Waals surface area contributed by atoms with Crippen LogP contribution in [0.5, 0.6) is 5.75 Å². The molecular weight excluding hydrogens is 306 g/mol. The van der Waals surface area contributed by atoms with E-state index in [-0.39, 0.29) is 0 Å². The van der Waals surface area contributed by atoms with Gasteiger partial charge in [0, 0.05) is 17.0 Å². The van der Waals surface area contributed by atoms with E-state index in [1.807, 2.05) is 42.5 Å². The molecule has 24 heavy (non-hydrogen) atoms. The lowest BCUT2D eigenvalue weighted by Gasteiger charge is -2.11. The molecule has 2 aromatic heterocycles. The Morgan fingerprint density at radius 2 is 1.79 bits per heavy atom. The second-order valence-corrected chi connectivity index (χ2v) is 5.24. The van der Waals surface area contributed by atoms with Crippen molar-refractivity contribution in [2.75, 3.05) is 7.11 Å². The molecule has 0 aliphatic heterocycles. The van der Waals surface area contributed by atoms with Crippen LogP contribution in [0.15, 0.2) is 70.4 Å². The highest BCUT2D eigenvalue weighted by atomic mass is 16.5. The molecular formula is C18H13N3O3. The lowest BCUT2D eigenvalue weighted by atomic mass is 10.0. The lowest BCUT2D eigenvalue weighted by Crippen LogP contribution is -2.04. The number of hydrogen-bond acceptors (Lipinski definition) is 5. The molecule has 2 heterocycles. The van der Waals surface area contributed by atoms with E-state index in [9.17, 15) is 4.79 Å². The first-order valence-corrected chi connectivity index (χ1v) is 7.32. The van der Waals surface area contributed by atoms with Crippen LogP contribution in [0.2, 0.25) is 0 Å². The SMILES string of the molecule is COc1cc(-n2cnnc2)ccc1-c1cc2ccccc2oc1=O. The molecule has 6 nitrogen and oxygen atoms in total. The molecule has 0 atom stereocenters. The minimum absolute atomic E-state index is 0.399. The molecule has 0 fully saturated rings. The van der Waals surface area contributed by atoms with E-state index in [2.05, 4.69) is 10.2 Å². The number of rotatable bonds is 3. The van der Waals surface area contributed by atoms with Crippen molar-refractivity contribution in [2.45, 2.75) is 0 Å². The first-order valence-electron chi connectivity index (χ1n) is 7.32. The standard InChI is InChI=1S/C18H13N3O3/c1-23-17-9-13(21-10-19-20-11-21)6-7-14(17)15-8-12-4-2-3-5-16(12)24-18(15)22/h2-11H,1H3. The highest BCUT2D eigenvalue weighted by molar-refractivity contribution is 5.83. The molecule has 4 rings (SSSR count). The number of aromatic nitrogens is 3. The smallest absolute Gasteiger partial charge is 0.344 e. The third-order valence-corrected chi connectivity index (χ3v) is 3.83. The first kappa shape index (κ1) is 14.2. The molecule has 0 saturated heterocycles. The van der Waals surface area contributed by atoms with Crippen LogP contribution < -0.4 is 10.4 Å². The van der Waals surface area contributed by atoms with Gasteiger partial charge in [0.25, 0.3) is 0 Å². The van der Waals surface area contributed by atoms with E-state index in [0.29, 0.717) is 22.5 Å². The fourth-order valence-corrected chi connectivity index (χ4v) is 2.65. The Morgan fingerprint density at radius 3 is 2.58 bits per heavy atom. The fourth-order valence-electron chi connectivity index (χ4n) is 2.65. The van der Waals surface area contributed by atoms with Gasteiger partial charge >= 0.3 is 5.63 Å². The number of para-hydroxylation sites is 1. The van der Waals surface area contributed by atoms with Crippen molar-refractivity contribution in [1.82, 2.24) is 14.8 Å². The number of ether oxygens (including phenoxy) is 1. The Hall–Kier alpha value is -3.41. The summed E-state index contributed by atoms with van der Waals surface area (Å²) < 4.78 is 12.6. The topological polar surface area (TPSA) is 70.2 Å². The summed E-state index contributed by atoms with van der Waals surface area (Å²) in [5, 5.41) is 8.44. The molecule has 2 aromatic carbocycles. The minimum Gasteiger partial charge on any atom is -0.496 e. The Balaban J connectivity index is 1.90. The number of fused-ring (bicyclic) bond motifs is 1. The van der Waals surface area contributed by atoms with Crippen molar-refractivity contribution in [2.24, 2.45) is 0 Å². The maximum absolute atomic E-state index is 12.4. The van der Waals surface area contributed by atoms with Crippen LogP contribution in [0.1, 0.15) is 0 Å². The van der Waals surface area contributed by atoms with Gasteiger partial charge in [-0.15, -0.1) is 10.2 Å². The first-order chi connectivity index (χ1) is 11.8. The second kappa shape index (κ2) is 5.66. The zero-order chi connectivity index (χ0) is 16.5. The molecule has 118 valence electrons. The summed E-state index contributed by atoms with van der Waals surface area (Å²) in [6, 6.07) is 14.8. The van der Waals surface area contributed by atoms with Crippen molar-refractivity contribution >= 4 is 11.0 Å². The van der Waals surface area contributed by atoms with Crippen molar-refractivity contribution in [3.05, 3.63) is 71.6 Å². The number of nitrogens with zero attached hydrogens (tertiary/aromatic N) is 3. The normalized spacial score (nSPS) is 10.9. The van der Waals surface area contributed by atoms with E-state index in [4.69, 9.17) is 9.15 Å². The minimum atomic E-state index is -0.399. The van der Waals surface area contributed by atoms with Gasteiger partial charge in [0.15, 0.2) is 0 Å².